The molecule has 0 aromatic heterocycles. The largest absolute Gasteiger partial charge is 0.326 e. The molecular formula is C13H16INO. The normalized spacial score (nSPS) is 16.4. The number of hydrogen-bond acceptors (Lipinski definition) is 1. The topological polar surface area (TPSA) is 29.1 Å². The molecule has 1 amide bonds. The van der Waals surface area contributed by atoms with Crippen molar-refractivity contribution in [3.8, 4) is 0 Å². The van der Waals surface area contributed by atoms with Crippen LogP contribution in [0, 0.1) is 16.4 Å². The zero-order valence-corrected chi connectivity index (χ0v) is 11.6. The molecule has 0 saturated heterocycles. The summed E-state index contributed by atoms with van der Waals surface area (Å²) in [7, 11) is 0. The first-order valence-corrected chi connectivity index (χ1v) is 6.82. The zero-order valence-electron chi connectivity index (χ0n) is 9.42. The van der Waals surface area contributed by atoms with Crippen LogP contribution in [0.2, 0.25) is 0 Å². The Hall–Kier alpha value is -0.580. The van der Waals surface area contributed by atoms with Crippen molar-refractivity contribution in [2.45, 2.75) is 32.6 Å². The zero-order chi connectivity index (χ0) is 11.5. The molecule has 2 rings (SSSR count). The van der Waals surface area contributed by atoms with Gasteiger partial charge < -0.3 is 5.32 Å². The van der Waals surface area contributed by atoms with Crippen molar-refractivity contribution in [3.63, 3.8) is 0 Å². The fourth-order valence-corrected chi connectivity index (χ4v) is 2.64. The standard InChI is InChI=1S/C13H16INO/c1-9-6-7-11(14)8-12(9)15-13(16)10-4-2-3-5-10/h6-8,10H,2-5H2,1H3,(H,15,16). The van der Waals surface area contributed by atoms with Crippen LogP contribution in [-0.4, -0.2) is 5.91 Å². The molecule has 1 saturated carbocycles. The lowest BCUT2D eigenvalue weighted by atomic mass is 10.1. The predicted octanol–water partition coefficient (Wildman–Crippen LogP) is 3.73. The summed E-state index contributed by atoms with van der Waals surface area (Å²) < 4.78 is 1.16. The molecule has 0 unspecified atom stereocenters. The second-order valence-corrected chi connectivity index (χ2v) is 5.68. The highest BCUT2D eigenvalue weighted by atomic mass is 127. The summed E-state index contributed by atoms with van der Waals surface area (Å²) in [6, 6.07) is 6.13. The molecule has 86 valence electrons. The van der Waals surface area contributed by atoms with Gasteiger partial charge in [0, 0.05) is 15.2 Å². The molecule has 1 aliphatic carbocycles. The van der Waals surface area contributed by atoms with E-state index in [2.05, 4.69) is 34.0 Å². The second kappa shape index (κ2) is 5.17. The van der Waals surface area contributed by atoms with Crippen LogP contribution in [0.1, 0.15) is 31.2 Å². The van der Waals surface area contributed by atoms with Crippen LogP contribution in [0.5, 0.6) is 0 Å². The van der Waals surface area contributed by atoms with E-state index < -0.39 is 0 Å². The molecule has 0 atom stereocenters. The Kier molecular flexibility index (Phi) is 3.84. The van der Waals surface area contributed by atoms with Gasteiger partial charge in [0.2, 0.25) is 5.91 Å². The van der Waals surface area contributed by atoms with Crippen molar-refractivity contribution >= 4 is 34.2 Å². The van der Waals surface area contributed by atoms with E-state index in [4.69, 9.17) is 0 Å². The average Bonchev–Trinajstić information content (AvgIpc) is 2.76. The molecule has 1 N–H and O–H groups in total. The Morgan fingerprint density at radius 3 is 2.75 bits per heavy atom. The van der Waals surface area contributed by atoms with Crippen molar-refractivity contribution in [1.82, 2.24) is 0 Å². The number of hydrogen-bond donors (Lipinski definition) is 1. The Balaban J connectivity index is 2.07. The third kappa shape index (κ3) is 2.75. The number of benzene rings is 1. The van der Waals surface area contributed by atoms with Crippen molar-refractivity contribution in [2.24, 2.45) is 5.92 Å². The van der Waals surface area contributed by atoms with Crippen LogP contribution in [0.25, 0.3) is 0 Å². The molecule has 0 heterocycles. The van der Waals surface area contributed by atoms with E-state index in [0.717, 1.165) is 27.7 Å². The van der Waals surface area contributed by atoms with E-state index in [0.29, 0.717) is 0 Å². The lowest BCUT2D eigenvalue weighted by Gasteiger charge is -2.12. The van der Waals surface area contributed by atoms with Crippen LogP contribution in [0.3, 0.4) is 0 Å². The van der Waals surface area contributed by atoms with Crippen molar-refractivity contribution in [2.75, 3.05) is 5.32 Å². The predicted molar refractivity (Wildman–Crippen MR) is 74.5 cm³/mol. The number of anilines is 1. The summed E-state index contributed by atoms with van der Waals surface area (Å²) in [6.07, 6.45) is 4.50. The Morgan fingerprint density at radius 2 is 2.06 bits per heavy atom. The van der Waals surface area contributed by atoms with Gasteiger partial charge in [-0.05, 0) is 60.1 Å². The highest BCUT2D eigenvalue weighted by Gasteiger charge is 2.22. The van der Waals surface area contributed by atoms with E-state index in [1.165, 1.54) is 12.8 Å². The summed E-state index contributed by atoms with van der Waals surface area (Å²) in [5, 5.41) is 3.05. The minimum atomic E-state index is 0.197. The van der Waals surface area contributed by atoms with Gasteiger partial charge in [-0.15, -0.1) is 0 Å². The van der Waals surface area contributed by atoms with E-state index in [1.54, 1.807) is 0 Å². The lowest BCUT2D eigenvalue weighted by Crippen LogP contribution is -2.20. The number of carbonyl (C=O) groups excluding carboxylic acids is 1. The van der Waals surface area contributed by atoms with Gasteiger partial charge in [0.25, 0.3) is 0 Å². The number of nitrogens with one attached hydrogen (secondary N) is 1. The first kappa shape index (κ1) is 11.9. The summed E-state index contributed by atoms with van der Waals surface area (Å²) in [5.41, 5.74) is 2.09. The average molecular weight is 329 g/mol. The van der Waals surface area contributed by atoms with Crippen LogP contribution >= 0.6 is 22.6 Å². The van der Waals surface area contributed by atoms with Gasteiger partial charge in [0.15, 0.2) is 0 Å². The number of halogens is 1. The first-order valence-electron chi connectivity index (χ1n) is 5.74. The Bertz CT molecular complexity index is 397. The maximum Gasteiger partial charge on any atom is 0.227 e. The minimum Gasteiger partial charge on any atom is -0.326 e. The molecule has 1 aliphatic rings. The summed E-state index contributed by atoms with van der Waals surface area (Å²) in [4.78, 5) is 12.0. The molecule has 2 nitrogen and oxygen atoms in total. The van der Waals surface area contributed by atoms with E-state index >= 15 is 0 Å². The SMILES string of the molecule is Cc1ccc(I)cc1NC(=O)C1CCCC1. The quantitative estimate of drug-likeness (QED) is 0.823. The molecule has 0 bridgehead atoms. The van der Waals surface area contributed by atoms with E-state index in [9.17, 15) is 4.79 Å². The molecule has 3 heteroatoms. The minimum absolute atomic E-state index is 0.197. The molecule has 0 spiro atoms. The first-order chi connectivity index (χ1) is 7.66. The van der Waals surface area contributed by atoms with Gasteiger partial charge in [0.05, 0.1) is 0 Å². The van der Waals surface area contributed by atoms with E-state index in [1.807, 2.05) is 19.1 Å². The molecule has 16 heavy (non-hydrogen) atoms. The van der Waals surface area contributed by atoms with Gasteiger partial charge in [-0.2, -0.15) is 0 Å². The van der Waals surface area contributed by atoms with Gasteiger partial charge in [-0.1, -0.05) is 18.9 Å². The van der Waals surface area contributed by atoms with Crippen molar-refractivity contribution < 1.29 is 4.79 Å². The van der Waals surface area contributed by atoms with Crippen LogP contribution in [0.4, 0.5) is 5.69 Å². The Morgan fingerprint density at radius 1 is 1.38 bits per heavy atom. The fourth-order valence-electron chi connectivity index (χ4n) is 2.15. The number of amides is 1. The van der Waals surface area contributed by atoms with Crippen LogP contribution in [0.15, 0.2) is 18.2 Å². The van der Waals surface area contributed by atoms with Gasteiger partial charge in [-0.3, -0.25) is 4.79 Å². The van der Waals surface area contributed by atoms with Crippen molar-refractivity contribution in [1.29, 1.82) is 0 Å². The third-order valence-electron chi connectivity index (χ3n) is 3.18. The maximum atomic E-state index is 12.0. The molecule has 0 aliphatic heterocycles. The third-order valence-corrected chi connectivity index (χ3v) is 3.85. The molecular weight excluding hydrogens is 313 g/mol. The fraction of sp³-hybridized carbons (Fsp3) is 0.462. The Labute approximate surface area is 110 Å². The summed E-state index contributed by atoms with van der Waals surface area (Å²) >= 11 is 2.27. The van der Waals surface area contributed by atoms with Crippen LogP contribution in [-0.2, 0) is 4.79 Å². The highest BCUT2D eigenvalue weighted by molar-refractivity contribution is 14.1. The van der Waals surface area contributed by atoms with Gasteiger partial charge in [0.1, 0.15) is 0 Å². The lowest BCUT2D eigenvalue weighted by molar-refractivity contribution is -0.119. The smallest absolute Gasteiger partial charge is 0.227 e. The monoisotopic (exact) mass is 329 g/mol. The molecule has 0 radical (unpaired) electrons. The van der Waals surface area contributed by atoms with Gasteiger partial charge >= 0.3 is 0 Å². The maximum absolute atomic E-state index is 12.0. The second-order valence-electron chi connectivity index (χ2n) is 4.43. The summed E-state index contributed by atoms with van der Waals surface area (Å²) in [6.45, 7) is 2.03. The number of carbonyl (C=O) groups is 1. The summed E-state index contributed by atoms with van der Waals surface area (Å²) in [5.74, 6) is 0.430. The molecule has 1 fully saturated rings. The van der Waals surface area contributed by atoms with E-state index in [-0.39, 0.29) is 11.8 Å². The van der Waals surface area contributed by atoms with Gasteiger partial charge in [-0.25, -0.2) is 0 Å². The highest BCUT2D eigenvalue weighted by Crippen LogP contribution is 2.27. The number of rotatable bonds is 2. The molecule has 1 aromatic carbocycles. The van der Waals surface area contributed by atoms with Crippen molar-refractivity contribution in [3.05, 3.63) is 27.3 Å². The van der Waals surface area contributed by atoms with Crippen LogP contribution < -0.4 is 5.32 Å². The molecule has 1 aromatic rings. The number of aryl methyl sites for hydroxylation is 1.